The van der Waals surface area contributed by atoms with Crippen molar-refractivity contribution in [2.75, 3.05) is 12.8 Å². The lowest BCUT2D eigenvalue weighted by molar-refractivity contribution is 0.696. The Morgan fingerprint density at radius 1 is 1.10 bits per heavy atom. The fourth-order valence-electron chi connectivity index (χ4n) is 2.68. The van der Waals surface area contributed by atoms with E-state index < -0.39 is 0 Å². The second kappa shape index (κ2) is 5.72. The predicted octanol–water partition coefficient (Wildman–Crippen LogP) is 3.78. The molecule has 0 saturated heterocycles. The number of fused-ring (bicyclic) bond motifs is 1. The van der Waals surface area contributed by atoms with E-state index in [0.29, 0.717) is 10.8 Å². The van der Waals surface area contributed by atoms with Crippen LogP contribution in [0.1, 0.15) is 17.2 Å². The smallest absolute Gasteiger partial charge is 0.128 e. The highest BCUT2D eigenvalue weighted by Crippen LogP contribution is 2.31. The van der Waals surface area contributed by atoms with Gasteiger partial charge in [0.2, 0.25) is 0 Å². The lowest BCUT2D eigenvalue weighted by Gasteiger charge is -2.20. The average Bonchev–Trinajstić information content (AvgIpc) is 2.51. The van der Waals surface area contributed by atoms with Gasteiger partial charge in [0.1, 0.15) is 5.82 Å². The first kappa shape index (κ1) is 13.9. The largest absolute Gasteiger partial charge is 0.383 e. The molecule has 0 spiro atoms. The van der Waals surface area contributed by atoms with E-state index in [9.17, 15) is 0 Å². The van der Waals surface area contributed by atoms with E-state index in [1.54, 1.807) is 6.20 Å². The van der Waals surface area contributed by atoms with Crippen LogP contribution in [0.4, 0.5) is 5.82 Å². The Balaban J connectivity index is 2.21. The summed E-state index contributed by atoms with van der Waals surface area (Å²) in [6.07, 6.45) is 1.57. The first-order valence-electron chi connectivity index (χ1n) is 6.76. The van der Waals surface area contributed by atoms with Crippen molar-refractivity contribution in [1.29, 1.82) is 0 Å². The Kier molecular flexibility index (Phi) is 3.78. The number of nitrogen functional groups attached to an aromatic ring is 1. The first-order chi connectivity index (χ1) is 10.2. The lowest BCUT2D eigenvalue weighted by Crippen LogP contribution is -2.19. The number of nitrogens with two attached hydrogens (primary N) is 1. The molecular weight excluding hydrogens is 282 g/mol. The molecule has 4 heteroatoms. The summed E-state index contributed by atoms with van der Waals surface area (Å²) in [5.41, 5.74) is 8.09. The summed E-state index contributed by atoms with van der Waals surface area (Å²) in [5.74, 6) is 0.492. The average molecular weight is 298 g/mol. The zero-order chi connectivity index (χ0) is 14.8. The first-order valence-corrected chi connectivity index (χ1v) is 7.14. The van der Waals surface area contributed by atoms with E-state index in [4.69, 9.17) is 17.3 Å². The number of nitrogens with zero attached hydrogens (tertiary/aromatic N) is 1. The SMILES string of the molecule is CNC(c1cc(Cl)cnc1N)c1cccc2ccccc12. The van der Waals surface area contributed by atoms with Gasteiger partial charge in [0, 0.05) is 11.8 Å². The summed E-state index contributed by atoms with van der Waals surface area (Å²) in [7, 11) is 1.91. The molecule has 3 nitrogen and oxygen atoms in total. The Morgan fingerprint density at radius 2 is 1.86 bits per heavy atom. The Labute approximate surface area is 128 Å². The summed E-state index contributed by atoms with van der Waals surface area (Å²) in [4.78, 5) is 4.16. The van der Waals surface area contributed by atoms with Gasteiger partial charge < -0.3 is 11.1 Å². The van der Waals surface area contributed by atoms with Gasteiger partial charge in [-0.15, -0.1) is 0 Å². The van der Waals surface area contributed by atoms with Crippen molar-refractivity contribution in [3.05, 3.63) is 70.9 Å². The van der Waals surface area contributed by atoms with Gasteiger partial charge in [-0.3, -0.25) is 0 Å². The van der Waals surface area contributed by atoms with Crippen molar-refractivity contribution in [2.45, 2.75) is 6.04 Å². The molecule has 0 amide bonds. The number of hydrogen-bond donors (Lipinski definition) is 2. The van der Waals surface area contributed by atoms with Crippen LogP contribution in [-0.2, 0) is 0 Å². The van der Waals surface area contributed by atoms with E-state index in [0.717, 1.165) is 11.1 Å². The van der Waals surface area contributed by atoms with Crippen molar-refractivity contribution in [2.24, 2.45) is 0 Å². The minimum absolute atomic E-state index is 0.0534. The van der Waals surface area contributed by atoms with Crippen molar-refractivity contribution >= 4 is 28.2 Å². The zero-order valence-corrected chi connectivity index (χ0v) is 12.4. The minimum atomic E-state index is -0.0534. The highest BCUT2D eigenvalue weighted by atomic mass is 35.5. The molecule has 1 aromatic heterocycles. The van der Waals surface area contributed by atoms with E-state index in [1.807, 2.05) is 25.2 Å². The van der Waals surface area contributed by atoms with E-state index >= 15 is 0 Å². The van der Waals surface area contributed by atoms with E-state index in [1.165, 1.54) is 10.8 Å². The van der Waals surface area contributed by atoms with Crippen LogP contribution < -0.4 is 11.1 Å². The summed E-state index contributed by atoms with van der Waals surface area (Å²) in [6.45, 7) is 0. The fraction of sp³-hybridized carbons (Fsp3) is 0.118. The third-order valence-electron chi connectivity index (χ3n) is 3.65. The van der Waals surface area contributed by atoms with E-state index in [2.05, 4.69) is 40.6 Å². The molecule has 106 valence electrons. The molecule has 21 heavy (non-hydrogen) atoms. The van der Waals surface area contributed by atoms with Crippen molar-refractivity contribution < 1.29 is 0 Å². The third-order valence-corrected chi connectivity index (χ3v) is 3.86. The predicted molar refractivity (Wildman–Crippen MR) is 88.5 cm³/mol. The number of anilines is 1. The topological polar surface area (TPSA) is 50.9 Å². The number of nitrogens with one attached hydrogen (secondary N) is 1. The van der Waals surface area contributed by atoms with Gasteiger partial charge in [0.15, 0.2) is 0 Å². The molecule has 0 bridgehead atoms. The summed E-state index contributed by atoms with van der Waals surface area (Å²) in [6, 6.07) is 16.4. The molecule has 0 fully saturated rings. The van der Waals surface area contributed by atoms with Crippen LogP contribution in [0.2, 0.25) is 5.02 Å². The normalized spacial score (nSPS) is 12.5. The number of pyridine rings is 1. The summed E-state index contributed by atoms with van der Waals surface area (Å²) >= 11 is 6.08. The Morgan fingerprint density at radius 3 is 2.67 bits per heavy atom. The number of benzene rings is 2. The maximum atomic E-state index is 6.08. The Bertz CT molecular complexity index is 781. The van der Waals surface area contributed by atoms with Crippen molar-refractivity contribution in [3.8, 4) is 0 Å². The second-order valence-electron chi connectivity index (χ2n) is 4.92. The van der Waals surface area contributed by atoms with Crippen LogP contribution in [0.3, 0.4) is 0 Å². The van der Waals surface area contributed by atoms with Gasteiger partial charge in [-0.2, -0.15) is 0 Å². The molecule has 1 unspecified atom stereocenters. The maximum absolute atomic E-state index is 6.08. The molecule has 2 aromatic carbocycles. The third kappa shape index (κ3) is 2.58. The molecular formula is C17H16ClN3. The molecule has 1 heterocycles. The molecule has 3 rings (SSSR count). The van der Waals surface area contributed by atoms with Gasteiger partial charge in [-0.1, -0.05) is 54.1 Å². The molecule has 0 aliphatic carbocycles. The van der Waals surface area contributed by atoms with E-state index in [-0.39, 0.29) is 6.04 Å². The van der Waals surface area contributed by atoms with Gasteiger partial charge >= 0.3 is 0 Å². The van der Waals surface area contributed by atoms with Crippen molar-refractivity contribution in [3.63, 3.8) is 0 Å². The fourth-order valence-corrected chi connectivity index (χ4v) is 2.84. The molecule has 3 aromatic rings. The highest BCUT2D eigenvalue weighted by molar-refractivity contribution is 6.30. The molecule has 0 saturated carbocycles. The maximum Gasteiger partial charge on any atom is 0.128 e. The van der Waals surface area contributed by atoms with Crippen LogP contribution >= 0.6 is 11.6 Å². The number of rotatable bonds is 3. The molecule has 3 N–H and O–H groups in total. The van der Waals surface area contributed by atoms with Crippen LogP contribution in [0, 0.1) is 0 Å². The van der Waals surface area contributed by atoms with Crippen molar-refractivity contribution in [1.82, 2.24) is 10.3 Å². The van der Waals surface area contributed by atoms with Crippen LogP contribution in [-0.4, -0.2) is 12.0 Å². The summed E-state index contributed by atoms with van der Waals surface area (Å²) in [5, 5.41) is 6.29. The second-order valence-corrected chi connectivity index (χ2v) is 5.35. The number of halogens is 1. The van der Waals surface area contributed by atoms with Gasteiger partial charge in [0.25, 0.3) is 0 Å². The molecule has 0 aliphatic heterocycles. The lowest BCUT2D eigenvalue weighted by atomic mass is 9.94. The quantitative estimate of drug-likeness (QED) is 0.773. The Hall–Kier alpha value is -2.10. The monoisotopic (exact) mass is 297 g/mol. The standard InChI is InChI=1S/C17H16ClN3/c1-20-16(15-9-12(18)10-21-17(15)19)14-8-4-6-11-5-2-3-7-13(11)14/h2-10,16,20H,1H3,(H2,19,21). The summed E-state index contributed by atoms with van der Waals surface area (Å²) < 4.78 is 0. The van der Waals surface area contributed by atoms with Gasteiger partial charge in [-0.25, -0.2) is 4.98 Å². The minimum Gasteiger partial charge on any atom is -0.383 e. The van der Waals surface area contributed by atoms with Crippen LogP contribution in [0.5, 0.6) is 0 Å². The highest BCUT2D eigenvalue weighted by Gasteiger charge is 2.18. The molecule has 0 aliphatic rings. The number of aromatic nitrogens is 1. The molecule has 0 radical (unpaired) electrons. The van der Waals surface area contributed by atoms with Gasteiger partial charge in [0.05, 0.1) is 11.1 Å². The van der Waals surface area contributed by atoms with Gasteiger partial charge in [-0.05, 0) is 29.4 Å². The zero-order valence-electron chi connectivity index (χ0n) is 11.7. The number of hydrogen-bond acceptors (Lipinski definition) is 3. The van der Waals surface area contributed by atoms with Crippen LogP contribution in [0.15, 0.2) is 54.7 Å². The van der Waals surface area contributed by atoms with Crippen LogP contribution in [0.25, 0.3) is 10.8 Å². The molecule has 1 atom stereocenters.